The van der Waals surface area contributed by atoms with E-state index in [-0.39, 0.29) is 5.69 Å². The van der Waals surface area contributed by atoms with E-state index in [9.17, 15) is 8.78 Å². The lowest BCUT2D eigenvalue weighted by molar-refractivity contribution is 0.590. The first-order valence-electron chi connectivity index (χ1n) is 7.98. The highest BCUT2D eigenvalue weighted by molar-refractivity contribution is 5.64. The third-order valence-electron chi connectivity index (χ3n) is 3.69. The molecule has 0 saturated carbocycles. The molecule has 3 aromatic rings. The van der Waals surface area contributed by atoms with Gasteiger partial charge >= 0.3 is 0 Å². The van der Waals surface area contributed by atoms with E-state index in [1.807, 2.05) is 24.3 Å². The van der Waals surface area contributed by atoms with Crippen molar-refractivity contribution in [2.75, 3.05) is 10.6 Å². The third-order valence-corrected chi connectivity index (χ3v) is 3.69. The molecule has 0 atom stereocenters. The van der Waals surface area contributed by atoms with Gasteiger partial charge in [0.2, 0.25) is 0 Å². The van der Waals surface area contributed by atoms with Crippen LogP contribution in [0.4, 0.5) is 31.8 Å². The highest BCUT2D eigenvalue weighted by Gasteiger charge is 2.10. The Balaban J connectivity index is 1.85. The van der Waals surface area contributed by atoms with Crippen LogP contribution in [0.2, 0.25) is 0 Å². The lowest BCUT2D eigenvalue weighted by Crippen LogP contribution is -2.03. The molecule has 4 nitrogen and oxygen atoms in total. The fraction of sp³-hybridized carbons (Fsp3) is 0.158. The van der Waals surface area contributed by atoms with Crippen molar-refractivity contribution in [3.8, 4) is 0 Å². The van der Waals surface area contributed by atoms with Crippen LogP contribution in [0.25, 0.3) is 0 Å². The van der Waals surface area contributed by atoms with Crippen molar-refractivity contribution < 1.29 is 8.78 Å². The number of benzene rings is 2. The first kappa shape index (κ1) is 16.8. The van der Waals surface area contributed by atoms with Crippen LogP contribution in [0.1, 0.15) is 18.3 Å². The summed E-state index contributed by atoms with van der Waals surface area (Å²) in [5.41, 5.74) is 1.87. The minimum atomic E-state index is -0.680. The molecule has 0 amide bonds. The van der Waals surface area contributed by atoms with Gasteiger partial charge in [0.1, 0.15) is 34.8 Å². The van der Waals surface area contributed by atoms with E-state index in [0.29, 0.717) is 17.5 Å². The normalized spacial score (nSPS) is 10.6. The Bertz CT molecular complexity index is 859. The molecule has 128 valence electrons. The van der Waals surface area contributed by atoms with Gasteiger partial charge in [-0.1, -0.05) is 25.1 Å². The van der Waals surface area contributed by atoms with Crippen LogP contribution < -0.4 is 10.6 Å². The maximum Gasteiger partial charge on any atom is 0.149 e. The molecule has 2 aromatic carbocycles. The Morgan fingerprint density at radius 3 is 2.08 bits per heavy atom. The van der Waals surface area contributed by atoms with E-state index in [1.54, 1.807) is 13.0 Å². The van der Waals surface area contributed by atoms with Crippen LogP contribution in [0, 0.1) is 18.6 Å². The number of hydrogen-bond donors (Lipinski definition) is 2. The van der Waals surface area contributed by atoms with Crippen LogP contribution in [0.3, 0.4) is 0 Å². The lowest BCUT2D eigenvalue weighted by atomic mass is 10.1. The zero-order valence-electron chi connectivity index (χ0n) is 14.0. The maximum absolute atomic E-state index is 13.8. The van der Waals surface area contributed by atoms with Crippen LogP contribution in [-0.2, 0) is 6.42 Å². The van der Waals surface area contributed by atoms with Gasteiger partial charge in [0, 0.05) is 11.8 Å². The fourth-order valence-electron chi connectivity index (χ4n) is 2.41. The number of hydrogen-bond acceptors (Lipinski definition) is 4. The minimum absolute atomic E-state index is 0.237. The van der Waals surface area contributed by atoms with Crippen LogP contribution in [0.15, 0.2) is 48.5 Å². The van der Waals surface area contributed by atoms with Gasteiger partial charge in [-0.25, -0.2) is 18.7 Å². The third kappa shape index (κ3) is 4.09. The molecular weight excluding hydrogens is 322 g/mol. The Morgan fingerprint density at radius 1 is 0.880 bits per heavy atom. The Labute approximate surface area is 145 Å². The molecule has 0 radical (unpaired) electrons. The summed E-state index contributed by atoms with van der Waals surface area (Å²) < 4.78 is 27.6. The predicted molar refractivity (Wildman–Crippen MR) is 95.5 cm³/mol. The standard InChI is InChI=1S/C19H18F2N4/c1-3-13-7-9-14(10-8-13)24-17-11-18(23-12(2)22-17)25-19-15(20)5-4-6-16(19)21/h4-11H,3H2,1-2H3,(H2,22,23,24,25). The molecule has 6 heteroatoms. The van der Waals surface area contributed by atoms with E-state index in [0.717, 1.165) is 12.1 Å². The summed E-state index contributed by atoms with van der Waals surface area (Å²) >= 11 is 0. The molecule has 0 unspecified atom stereocenters. The number of aromatic nitrogens is 2. The highest BCUT2D eigenvalue weighted by Crippen LogP contribution is 2.24. The second-order valence-corrected chi connectivity index (χ2v) is 5.58. The van der Waals surface area contributed by atoms with Crippen molar-refractivity contribution in [3.05, 3.63) is 71.6 Å². The molecule has 0 aliphatic heterocycles. The maximum atomic E-state index is 13.8. The van der Waals surface area contributed by atoms with Crippen molar-refractivity contribution >= 4 is 23.0 Å². The average molecular weight is 340 g/mol. The van der Waals surface area contributed by atoms with E-state index in [2.05, 4.69) is 27.5 Å². The van der Waals surface area contributed by atoms with E-state index in [4.69, 9.17) is 0 Å². The average Bonchev–Trinajstić information content (AvgIpc) is 2.58. The van der Waals surface area contributed by atoms with E-state index in [1.165, 1.54) is 23.8 Å². The molecule has 0 aliphatic carbocycles. The summed E-state index contributed by atoms with van der Waals surface area (Å²) in [5, 5.41) is 5.86. The summed E-state index contributed by atoms with van der Waals surface area (Å²) in [6.45, 7) is 3.81. The van der Waals surface area contributed by atoms with Crippen molar-refractivity contribution in [3.63, 3.8) is 0 Å². The van der Waals surface area contributed by atoms with Gasteiger partial charge in [0.25, 0.3) is 0 Å². The van der Waals surface area contributed by atoms with Gasteiger partial charge in [-0.05, 0) is 43.2 Å². The summed E-state index contributed by atoms with van der Waals surface area (Å²) in [6.07, 6.45) is 0.967. The quantitative estimate of drug-likeness (QED) is 0.677. The summed E-state index contributed by atoms with van der Waals surface area (Å²) in [5.74, 6) is -0.0311. The zero-order chi connectivity index (χ0) is 17.8. The van der Waals surface area contributed by atoms with Crippen molar-refractivity contribution in [1.29, 1.82) is 0 Å². The molecule has 0 spiro atoms. The van der Waals surface area contributed by atoms with Crippen molar-refractivity contribution in [2.24, 2.45) is 0 Å². The second-order valence-electron chi connectivity index (χ2n) is 5.58. The number of nitrogens with zero attached hydrogens (tertiary/aromatic N) is 2. The van der Waals surface area contributed by atoms with E-state index >= 15 is 0 Å². The second kappa shape index (κ2) is 7.25. The van der Waals surface area contributed by atoms with Gasteiger partial charge in [-0.15, -0.1) is 0 Å². The number of halogens is 2. The zero-order valence-corrected chi connectivity index (χ0v) is 14.0. The topological polar surface area (TPSA) is 49.8 Å². The highest BCUT2D eigenvalue weighted by atomic mass is 19.1. The molecular formula is C19H18F2N4. The van der Waals surface area contributed by atoms with Gasteiger partial charge < -0.3 is 10.6 Å². The molecule has 25 heavy (non-hydrogen) atoms. The molecule has 0 saturated heterocycles. The first-order valence-corrected chi connectivity index (χ1v) is 7.98. The van der Waals surface area contributed by atoms with Crippen LogP contribution in [0.5, 0.6) is 0 Å². The first-order chi connectivity index (χ1) is 12.0. The molecule has 1 heterocycles. The number of anilines is 4. The molecule has 0 fully saturated rings. The molecule has 0 bridgehead atoms. The lowest BCUT2D eigenvalue weighted by Gasteiger charge is -2.11. The summed E-state index contributed by atoms with van der Waals surface area (Å²) in [6, 6.07) is 13.3. The Kier molecular flexibility index (Phi) is 4.88. The van der Waals surface area contributed by atoms with Gasteiger partial charge in [0.05, 0.1) is 0 Å². The van der Waals surface area contributed by atoms with Gasteiger partial charge in [-0.3, -0.25) is 0 Å². The fourth-order valence-corrected chi connectivity index (χ4v) is 2.41. The predicted octanol–water partition coefficient (Wildman–Crippen LogP) is 5.11. The van der Waals surface area contributed by atoms with E-state index < -0.39 is 11.6 Å². The van der Waals surface area contributed by atoms with Crippen LogP contribution >= 0.6 is 0 Å². The Hall–Kier alpha value is -3.02. The van der Waals surface area contributed by atoms with Gasteiger partial charge in [-0.2, -0.15) is 0 Å². The largest absolute Gasteiger partial charge is 0.340 e. The van der Waals surface area contributed by atoms with Crippen LogP contribution in [-0.4, -0.2) is 9.97 Å². The number of aryl methyl sites for hydroxylation is 2. The molecule has 3 rings (SSSR count). The number of para-hydroxylation sites is 1. The SMILES string of the molecule is CCc1ccc(Nc2cc(Nc3c(F)cccc3F)nc(C)n2)cc1. The smallest absolute Gasteiger partial charge is 0.149 e. The monoisotopic (exact) mass is 340 g/mol. The molecule has 0 aliphatic rings. The number of rotatable bonds is 5. The van der Waals surface area contributed by atoms with Gasteiger partial charge in [0.15, 0.2) is 0 Å². The summed E-state index contributed by atoms with van der Waals surface area (Å²) in [7, 11) is 0. The number of nitrogens with one attached hydrogen (secondary N) is 2. The molecule has 2 N–H and O–H groups in total. The van der Waals surface area contributed by atoms with Crippen molar-refractivity contribution in [2.45, 2.75) is 20.3 Å². The van der Waals surface area contributed by atoms with Crippen molar-refractivity contribution in [1.82, 2.24) is 9.97 Å². The minimum Gasteiger partial charge on any atom is -0.340 e. The summed E-state index contributed by atoms with van der Waals surface area (Å²) in [4.78, 5) is 8.49. The Morgan fingerprint density at radius 2 is 1.48 bits per heavy atom. The molecule has 1 aromatic heterocycles.